The van der Waals surface area contributed by atoms with Crippen LogP contribution in [-0.4, -0.2) is 72.8 Å². The summed E-state index contributed by atoms with van der Waals surface area (Å²) in [5, 5.41) is 9.66. The van der Waals surface area contributed by atoms with Crippen molar-refractivity contribution in [3.05, 3.63) is 76.7 Å². The molecule has 194 valence electrons. The SMILES string of the molecule is CN=C/C(=C\NCF)c1ccc(C(=O)N(C(N)=NC)C(COC)c2ccc(Cl)c(-c3ncn[nH]3)c2)cc1. The third-order valence-corrected chi connectivity index (χ3v) is 5.77. The number of ether oxygens (including phenoxy) is 1. The molecule has 1 heterocycles. The van der Waals surface area contributed by atoms with Crippen molar-refractivity contribution in [1.82, 2.24) is 25.4 Å². The molecule has 0 bridgehead atoms. The van der Waals surface area contributed by atoms with Crippen molar-refractivity contribution in [3.63, 3.8) is 0 Å². The predicted octanol–water partition coefficient (Wildman–Crippen LogP) is 3.46. The largest absolute Gasteiger partial charge is 0.382 e. The van der Waals surface area contributed by atoms with Crippen LogP contribution in [0.1, 0.15) is 27.5 Å². The number of rotatable bonds is 10. The van der Waals surface area contributed by atoms with E-state index in [-0.39, 0.29) is 18.5 Å². The van der Waals surface area contributed by atoms with Crippen molar-refractivity contribution < 1.29 is 13.9 Å². The zero-order valence-corrected chi connectivity index (χ0v) is 21.4. The van der Waals surface area contributed by atoms with E-state index in [1.807, 2.05) is 0 Å². The Morgan fingerprint density at radius 1 is 1.27 bits per heavy atom. The first-order valence-corrected chi connectivity index (χ1v) is 11.5. The van der Waals surface area contributed by atoms with Gasteiger partial charge in [0.15, 0.2) is 18.6 Å². The first kappa shape index (κ1) is 27.5. The zero-order chi connectivity index (χ0) is 26.8. The monoisotopic (exact) mass is 526 g/mol. The maximum Gasteiger partial charge on any atom is 0.261 e. The van der Waals surface area contributed by atoms with Gasteiger partial charge in [-0.1, -0.05) is 29.8 Å². The maximum atomic E-state index is 13.7. The number of allylic oxidation sites excluding steroid dienone is 1. The highest BCUT2D eigenvalue weighted by atomic mass is 35.5. The number of nitrogens with zero attached hydrogens (tertiary/aromatic N) is 5. The summed E-state index contributed by atoms with van der Waals surface area (Å²) in [5.74, 6) is 0.109. The number of aliphatic imine (C=N–C) groups is 2. The number of carbonyl (C=O) groups excluding carboxylic acids is 1. The van der Waals surface area contributed by atoms with Gasteiger partial charge in [0.05, 0.1) is 17.7 Å². The van der Waals surface area contributed by atoms with E-state index >= 15 is 0 Å². The van der Waals surface area contributed by atoms with E-state index in [1.165, 1.54) is 31.6 Å². The van der Waals surface area contributed by atoms with E-state index in [1.54, 1.807) is 55.7 Å². The van der Waals surface area contributed by atoms with Gasteiger partial charge < -0.3 is 15.8 Å². The molecule has 1 aromatic heterocycles. The Labute approximate surface area is 219 Å². The number of guanidine groups is 1. The number of aromatic nitrogens is 3. The van der Waals surface area contributed by atoms with E-state index in [0.29, 0.717) is 33.1 Å². The first-order chi connectivity index (χ1) is 17.9. The van der Waals surface area contributed by atoms with Gasteiger partial charge >= 0.3 is 0 Å². The molecule has 0 saturated heterocycles. The lowest BCUT2D eigenvalue weighted by Gasteiger charge is -2.31. The second kappa shape index (κ2) is 13.3. The average molecular weight is 527 g/mol. The number of hydrogen-bond acceptors (Lipinski definition) is 7. The smallest absolute Gasteiger partial charge is 0.261 e. The minimum atomic E-state index is -0.716. The van der Waals surface area contributed by atoms with Crippen LogP contribution in [0.2, 0.25) is 5.02 Å². The summed E-state index contributed by atoms with van der Waals surface area (Å²) in [6.07, 6.45) is 4.49. The topological polar surface area (TPSA) is 134 Å². The fourth-order valence-electron chi connectivity index (χ4n) is 3.68. The fourth-order valence-corrected chi connectivity index (χ4v) is 3.89. The summed E-state index contributed by atoms with van der Waals surface area (Å²) in [6.45, 7) is -0.585. The van der Waals surface area contributed by atoms with Gasteiger partial charge in [0, 0.05) is 50.3 Å². The van der Waals surface area contributed by atoms with Gasteiger partial charge in [-0.25, -0.2) is 9.37 Å². The van der Waals surface area contributed by atoms with E-state index in [0.717, 1.165) is 5.56 Å². The Morgan fingerprint density at radius 2 is 2.00 bits per heavy atom. The van der Waals surface area contributed by atoms with Gasteiger partial charge in [-0.3, -0.25) is 24.8 Å². The van der Waals surface area contributed by atoms with Crippen molar-refractivity contribution in [2.45, 2.75) is 6.04 Å². The minimum Gasteiger partial charge on any atom is -0.382 e. The molecule has 37 heavy (non-hydrogen) atoms. The number of benzene rings is 2. The number of carbonyl (C=O) groups is 1. The normalized spacial score (nSPS) is 13.1. The Bertz CT molecular complexity index is 1280. The number of hydrogen-bond donors (Lipinski definition) is 3. The second-order valence-electron chi connectivity index (χ2n) is 7.70. The molecule has 10 nitrogen and oxygen atoms in total. The number of halogens is 2. The quantitative estimate of drug-likeness (QED) is 0.210. The maximum absolute atomic E-state index is 13.7. The number of amides is 1. The molecular weight excluding hydrogens is 499 g/mol. The Balaban J connectivity index is 2.02. The first-order valence-electron chi connectivity index (χ1n) is 11.2. The van der Waals surface area contributed by atoms with Crippen molar-refractivity contribution in [2.24, 2.45) is 15.7 Å². The summed E-state index contributed by atoms with van der Waals surface area (Å²) in [5.41, 5.74) is 9.32. The Kier molecular flexibility index (Phi) is 9.87. The standard InChI is InChI=1S/C25H28ClFN8O2/c1-29-11-19(12-31-14-27)16-4-6-17(7-5-16)24(36)35(25(28)30-2)22(13-37-3)18-8-9-21(26)20(10-18)23-32-15-33-34-23/h4-12,15,22,31H,13-14H2,1-3H3,(H2,28,30)(H,32,33,34)/b19-12+,29-11?. The summed E-state index contributed by atoms with van der Waals surface area (Å²) in [6, 6.07) is 11.5. The number of nitrogens with two attached hydrogens (primary N) is 1. The molecular formula is C25H28ClFN8O2. The molecule has 3 rings (SSSR count). The van der Waals surface area contributed by atoms with Crippen LogP contribution < -0.4 is 11.1 Å². The zero-order valence-electron chi connectivity index (χ0n) is 20.7. The highest BCUT2D eigenvalue weighted by molar-refractivity contribution is 6.33. The number of nitrogens with one attached hydrogen (secondary N) is 2. The van der Waals surface area contributed by atoms with E-state index < -0.39 is 12.8 Å². The van der Waals surface area contributed by atoms with Gasteiger partial charge in [-0.05, 0) is 35.4 Å². The second-order valence-corrected chi connectivity index (χ2v) is 8.11. The highest BCUT2D eigenvalue weighted by Crippen LogP contribution is 2.31. The lowest BCUT2D eigenvalue weighted by atomic mass is 10.0. The van der Waals surface area contributed by atoms with Gasteiger partial charge in [-0.2, -0.15) is 5.10 Å². The average Bonchev–Trinajstić information content (AvgIpc) is 3.46. The number of methoxy groups -OCH3 is 1. The summed E-state index contributed by atoms with van der Waals surface area (Å²) in [4.78, 5) is 27.4. The summed E-state index contributed by atoms with van der Waals surface area (Å²) in [7, 11) is 4.65. The molecule has 0 fully saturated rings. The third kappa shape index (κ3) is 6.57. The van der Waals surface area contributed by atoms with Crippen LogP contribution in [0.4, 0.5) is 4.39 Å². The van der Waals surface area contributed by atoms with Crippen LogP contribution in [-0.2, 0) is 4.74 Å². The molecule has 1 unspecified atom stereocenters. The molecule has 0 aliphatic rings. The fraction of sp³-hybridized carbons (Fsp3) is 0.240. The molecule has 1 amide bonds. The molecule has 1 atom stereocenters. The highest BCUT2D eigenvalue weighted by Gasteiger charge is 2.30. The molecule has 12 heteroatoms. The molecule has 0 aliphatic heterocycles. The summed E-state index contributed by atoms with van der Waals surface area (Å²) < 4.78 is 18.0. The molecule has 0 aliphatic carbocycles. The summed E-state index contributed by atoms with van der Waals surface area (Å²) >= 11 is 6.40. The van der Waals surface area contributed by atoms with E-state index in [4.69, 9.17) is 22.1 Å². The van der Waals surface area contributed by atoms with Gasteiger partial charge in [-0.15, -0.1) is 0 Å². The van der Waals surface area contributed by atoms with Crippen LogP contribution >= 0.6 is 11.6 Å². The van der Waals surface area contributed by atoms with Crippen LogP contribution in [0.3, 0.4) is 0 Å². The van der Waals surface area contributed by atoms with Crippen molar-refractivity contribution in [2.75, 3.05) is 34.6 Å². The number of aromatic amines is 1. The van der Waals surface area contributed by atoms with Gasteiger partial charge in [0.2, 0.25) is 0 Å². The van der Waals surface area contributed by atoms with Gasteiger partial charge in [0.1, 0.15) is 6.33 Å². The number of H-pyrrole nitrogens is 1. The molecule has 0 spiro atoms. The van der Waals surface area contributed by atoms with E-state index in [2.05, 4.69) is 30.5 Å². The molecule has 0 radical (unpaired) electrons. The Hall–Kier alpha value is -4.09. The Morgan fingerprint density at radius 3 is 2.59 bits per heavy atom. The van der Waals surface area contributed by atoms with Crippen molar-refractivity contribution >= 4 is 35.3 Å². The molecule has 3 aromatic rings. The molecule has 2 aromatic carbocycles. The van der Waals surface area contributed by atoms with E-state index in [9.17, 15) is 9.18 Å². The van der Waals surface area contributed by atoms with Gasteiger partial charge in [0.25, 0.3) is 5.91 Å². The lowest BCUT2D eigenvalue weighted by Crippen LogP contribution is -2.45. The molecule has 0 saturated carbocycles. The van der Waals surface area contributed by atoms with Crippen LogP contribution in [0.15, 0.2) is 65.0 Å². The lowest BCUT2D eigenvalue weighted by molar-refractivity contribution is 0.0699. The minimum absolute atomic E-state index is 0.0122. The molecule has 4 N–H and O–H groups in total. The number of alkyl halides is 1. The van der Waals surface area contributed by atoms with Crippen molar-refractivity contribution in [3.8, 4) is 11.4 Å². The van der Waals surface area contributed by atoms with Crippen molar-refractivity contribution in [1.29, 1.82) is 0 Å². The van der Waals surface area contributed by atoms with Crippen LogP contribution in [0, 0.1) is 0 Å². The third-order valence-electron chi connectivity index (χ3n) is 5.44. The van der Waals surface area contributed by atoms with Crippen LogP contribution in [0.25, 0.3) is 17.0 Å². The predicted molar refractivity (Wildman–Crippen MR) is 143 cm³/mol. The van der Waals surface area contributed by atoms with Crippen LogP contribution in [0.5, 0.6) is 0 Å².